The van der Waals surface area contributed by atoms with Crippen LogP contribution in [0.3, 0.4) is 0 Å². The van der Waals surface area contributed by atoms with Crippen molar-refractivity contribution >= 4 is 10.0 Å². The van der Waals surface area contributed by atoms with Crippen molar-refractivity contribution in [2.24, 2.45) is 7.05 Å². The Morgan fingerprint density at radius 3 is 2.58 bits per heavy atom. The fourth-order valence-electron chi connectivity index (χ4n) is 3.09. The van der Waals surface area contributed by atoms with E-state index in [0.717, 1.165) is 17.8 Å². The molecule has 2 aromatic rings. The van der Waals surface area contributed by atoms with Crippen LogP contribution in [0.4, 0.5) is 8.78 Å². The number of halogens is 2. The Hall–Kier alpha value is -1.81. The van der Waals surface area contributed by atoms with Crippen LogP contribution in [0, 0.1) is 11.6 Å². The maximum absolute atomic E-state index is 13.9. The highest BCUT2D eigenvalue weighted by molar-refractivity contribution is 7.89. The molecular weight excluding hydrogens is 364 g/mol. The van der Waals surface area contributed by atoms with Crippen LogP contribution in [-0.4, -0.2) is 50.7 Å². The summed E-state index contributed by atoms with van der Waals surface area (Å²) in [6.45, 7) is 2.54. The zero-order chi connectivity index (χ0) is 18.7. The minimum Gasteiger partial charge on any atom is -0.379 e. The Morgan fingerprint density at radius 2 is 1.96 bits per heavy atom. The second kappa shape index (κ2) is 7.83. The molecule has 142 valence electrons. The number of hydrogen-bond donors (Lipinski definition) is 1. The normalized spacial score (nSPS) is 17.3. The predicted molar refractivity (Wildman–Crippen MR) is 92.1 cm³/mol. The number of aryl methyl sites for hydroxylation is 1. The molecule has 1 aliphatic rings. The van der Waals surface area contributed by atoms with E-state index in [2.05, 4.69) is 9.62 Å². The van der Waals surface area contributed by atoms with Gasteiger partial charge in [-0.15, -0.1) is 0 Å². The van der Waals surface area contributed by atoms with Gasteiger partial charge in [0.2, 0.25) is 10.0 Å². The number of hydrogen-bond acceptors (Lipinski definition) is 4. The average Bonchev–Trinajstić information content (AvgIpc) is 3.01. The maximum atomic E-state index is 13.9. The summed E-state index contributed by atoms with van der Waals surface area (Å²) in [6, 6.07) is 6.00. The van der Waals surface area contributed by atoms with Gasteiger partial charge < -0.3 is 9.30 Å². The van der Waals surface area contributed by atoms with Crippen LogP contribution >= 0.6 is 0 Å². The number of nitrogens with zero attached hydrogens (tertiary/aromatic N) is 2. The molecule has 0 unspecified atom stereocenters. The van der Waals surface area contributed by atoms with Crippen LogP contribution in [0.2, 0.25) is 0 Å². The summed E-state index contributed by atoms with van der Waals surface area (Å²) in [4.78, 5) is 1.56. The summed E-state index contributed by atoms with van der Waals surface area (Å²) in [7, 11) is -2.22. The quantitative estimate of drug-likeness (QED) is 0.822. The molecule has 1 atom stereocenters. The van der Waals surface area contributed by atoms with Gasteiger partial charge in [-0.3, -0.25) is 4.90 Å². The number of sulfonamides is 1. The van der Waals surface area contributed by atoms with E-state index >= 15 is 0 Å². The zero-order valence-corrected chi connectivity index (χ0v) is 15.2. The summed E-state index contributed by atoms with van der Waals surface area (Å²) in [5.41, 5.74) is 0.939. The van der Waals surface area contributed by atoms with Gasteiger partial charge in [0.15, 0.2) is 0 Å². The van der Waals surface area contributed by atoms with E-state index in [0.29, 0.717) is 32.4 Å². The Morgan fingerprint density at radius 1 is 1.23 bits per heavy atom. The second-order valence-corrected chi connectivity index (χ2v) is 7.87. The average molecular weight is 385 g/mol. The van der Waals surface area contributed by atoms with Crippen LogP contribution < -0.4 is 4.72 Å². The van der Waals surface area contributed by atoms with E-state index in [4.69, 9.17) is 4.74 Å². The fourth-order valence-corrected chi connectivity index (χ4v) is 4.19. The lowest BCUT2D eigenvalue weighted by Gasteiger charge is -2.34. The molecule has 1 aliphatic heterocycles. The molecule has 26 heavy (non-hydrogen) atoms. The Labute approximate surface area is 151 Å². The summed E-state index contributed by atoms with van der Waals surface area (Å²) in [5.74, 6) is -1.93. The molecular formula is C17H21F2N3O3S. The summed E-state index contributed by atoms with van der Waals surface area (Å²) < 4.78 is 61.6. The topological polar surface area (TPSA) is 63.6 Å². The molecule has 9 heteroatoms. The molecule has 0 amide bonds. The van der Waals surface area contributed by atoms with Gasteiger partial charge in [0.25, 0.3) is 0 Å². The van der Waals surface area contributed by atoms with Crippen molar-refractivity contribution in [3.63, 3.8) is 0 Å². The van der Waals surface area contributed by atoms with Crippen LogP contribution in [0.25, 0.3) is 0 Å². The molecule has 1 aromatic carbocycles. The van der Waals surface area contributed by atoms with E-state index in [1.54, 1.807) is 0 Å². The molecule has 0 spiro atoms. The molecule has 0 radical (unpaired) electrons. The lowest BCUT2D eigenvalue weighted by molar-refractivity contribution is 0.0158. The maximum Gasteiger partial charge on any atom is 0.243 e. The highest BCUT2D eigenvalue weighted by Gasteiger charge is 2.27. The van der Waals surface area contributed by atoms with Crippen molar-refractivity contribution < 1.29 is 21.9 Å². The van der Waals surface area contributed by atoms with Gasteiger partial charge in [0, 0.05) is 44.6 Å². The van der Waals surface area contributed by atoms with Gasteiger partial charge in [0.05, 0.1) is 19.3 Å². The van der Waals surface area contributed by atoms with Crippen molar-refractivity contribution in [3.8, 4) is 0 Å². The van der Waals surface area contributed by atoms with E-state index < -0.39 is 26.6 Å². The summed E-state index contributed by atoms with van der Waals surface area (Å²) >= 11 is 0. The molecule has 6 nitrogen and oxygen atoms in total. The van der Waals surface area contributed by atoms with E-state index in [-0.39, 0.29) is 12.6 Å². The van der Waals surface area contributed by atoms with Gasteiger partial charge >= 0.3 is 0 Å². The number of aromatic nitrogens is 1. The van der Waals surface area contributed by atoms with Crippen molar-refractivity contribution in [1.82, 2.24) is 14.2 Å². The smallest absolute Gasteiger partial charge is 0.243 e. The molecule has 1 fully saturated rings. The van der Waals surface area contributed by atoms with E-state index in [1.807, 2.05) is 29.9 Å². The lowest BCUT2D eigenvalue weighted by atomic mass is 10.1. The lowest BCUT2D eigenvalue weighted by Crippen LogP contribution is -2.44. The summed E-state index contributed by atoms with van der Waals surface area (Å²) in [6.07, 6.45) is 1.89. The van der Waals surface area contributed by atoms with Crippen molar-refractivity contribution in [2.75, 3.05) is 32.8 Å². The van der Waals surface area contributed by atoms with Crippen molar-refractivity contribution in [1.29, 1.82) is 0 Å². The van der Waals surface area contributed by atoms with Crippen LogP contribution in [0.5, 0.6) is 0 Å². The third-order valence-corrected chi connectivity index (χ3v) is 5.92. The van der Waals surface area contributed by atoms with Crippen LogP contribution in [-0.2, 0) is 21.8 Å². The van der Waals surface area contributed by atoms with Gasteiger partial charge in [-0.2, -0.15) is 0 Å². The molecule has 1 N–H and O–H groups in total. The third-order valence-electron chi connectivity index (χ3n) is 4.46. The fraction of sp³-hybridized carbons (Fsp3) is 0.412. The summed E-state index contributed by atoms with van der Waals surface area (Å²) in [5, 5.41) is 0. The van der Waals surface area contributed by atoms with E-state index in [9.17, 15) is 17.2 Å². The number of ether oxygens (including phenoxy) is 1. The van der Waals surface area contributed by atoms with Crippen molar-refractivity contribution in [2.45, 2.75) is 10.9 Å². The second-order valence-electron chi connectivity index (χ2n) is 6.13. The molecule has 1 aromatic heterocycles. The first-order valence-electron chi connectivity index (χ1n) is 8.26. The van der Waals surface area contributed by atoms with Gasteiger partial charge in [-0.1, -0.05) is 0 Å². The highest BCUT2D eigenvalue weighted by atomic mass is 32.2. The molecule has 0 aliphatic carbocycles. The number of nitrogens with one attached hydrogen (secondary N) is 1. The number of morpholine rings is 1. The SMILES string of the molecule is Cn1cccc1[C@H](CNS(=O)(=O)c1ccc(F)cc1F)N1CCOCC1. The molecule has 3 rings (SSSR count). The van der Waals surface area contributed by atoms with Crippen LogP contribution in [0.15, 0.2) is 41.4 Å². The van der Waals surface area contributed by atoms with Crippen molar-refractivity contribution in [3.05, 3.63) is 53.9 Å². The highest BCUT2D eigenvalue weighted by Crippen LogP contribution is 2.23. The predicted octanol–water partition coefficient (Wildman–Crippen LogP) is 1.66. The van der Waals surface area contributed by atoms with Gasteiger partial charge in [0.1, 0.15) is 16.5 Å². The minimum absolute atomic E-state index is 0.0665. The number of rotatable bonds is 6. The zero-order valence-electron chi connectivity index (χ0n) is 14.4. The molecule has 2 heterocycles. The standard InChI is InChI=1S/C17H21F2N3O3S/c1-21-6-2-3-15(21)16(22-7-9-25-10-8-22)12-20-26(23,24)17-5-4-13(18)11-14(17)19/h2-6,11,16,20H,7-10,12H2,1H3/t16-/m0/s1. The number of benzene rings is 1. The first kappa shape index (κ1) is 19.0. The Kier molecular flexibility index (Phi) is 5.71. The monoisotopic (exact) mass is 385 g/mol. The molecule has 0 saturated carbocycles. The molecule has 0 bridgehead atoms. The van der Waals surface area contributed by atoms with E-state index in [1.165, 1.54) is 0 Å². The first-order chi connectivity index (χ1) is 12.4. The Bertz CT molecular complexity index is 864. The van der Waals surface area contributed by atoms with Crippen LogP contribution in [0.1, 0.15) is 11.7 Å². The largest absolute Gasteiger partial charge is 0.379 e. The molecule has 1 saturated heterocycles. The third kappa shape index (κ3) is 4.12. The van der Waals surface area contributed by atoms with Gasteiger partial charge in [-0.05, 0) is 24.3 Å². The van der Waals surface area contributed by atoms with Gasteiger partial charge in [-0.25, -0.2) is 21.9 Å². The minimum atomic E-state index is -4.10. The first-order valence-corrected chi connectivity index (χ1v) is 9.74. The Balaban J connectivity index is 1.81.